The molecule has 0 atom stereocenters. The lowest BCUT2D eigenvalue weighted by molar-refractivity contribution is -0.118. The van der Waals surface area contributed by atoms with Crippen LogP contribution in [0.1, 0.15) is 25.7 Å². The number of amides is 1. The van der Waals surface area contributed by atoms with Gasteiger partial charge in [-0.25, -0.2) is 8.42 Å². The third-order valence-corrected chi connectivity index (χ3v) is 8.07. The Balaban J connectivity index is 1.74. The van der Waals surface area contributed by atoms with Crippen molar-refractivity contribution in [2.24, 2.45) is 0 Å². The summed E-state index contributed by atoms with van der Waals surface area (Å²) < 4.78 is 25.3. The third kappa shape index (κ3) is 2.93. The van der Waals surface area contributed by atoms with Gasteiger partial charge in [-0.15, -0.1) is 0 Å². The Morgan fingerprint density at radius 1 is 1.04 bits per heavy atom. The lowest BCUT2D eigenvalue weighted by Gasteiger charge is -2.28. The fraction of sp³-hybridized carbons (Fsp3) is 0.250. The molecule has 0 aliphatic heterocycles. The number of halogens is 1. The minimum Gasteiger partial charge on any atom is -0.361 e. The summed E-state index contributed by atoms with van der Waals surface area (Å²) in [4.78, 5) is 16.5. The van der Waals surface area contributed by atoms with E-state index in [0.29, 0.717) is 36.4 Å². The first-order chi connectivity index (χ1) is 12.9. The van der Waals surface area contributed by atoms with Crippen LogP contribution in [-0.2, 0) is 14.6 Å². The molecule has 0 saturated heterocycles. The molecule has 0 spiro atoms. The zero-order valence-electron chi connectivity index (χ0n) is 14.5. The number of H-pyrrole nitrogens is 1. The molecule has 1 aromatic heterocycles. The van der Waals surface area contributed by atoms with E-state index in [9.17, 15) is 13.2 Å². The summed E-state index contributed by atoms with van der Waals surface area (Å²) in [7, 11) is -3.85. The Kier molecular flexibility index (Phi) is 4.48. The van der Waals surface area contributed by atoms with Crippen LogP contribution in [0.2, 0.25) is 5.02 Å². The molecule has 0 radical (unpaired) electrons. The van der Waals surface area contributed by atoms with Crippen LogP contribution in [0.3, 0.4) is 0 Å². The van der Waals surface area contributed by atoms with Gasteiger partial charge in [0.2, 0.25) is 5.91 Å². The summed E-state index contributed by atoms with van der Waals surface area (Å²) in [6, 6.07) is 13.4. The van der Waals surface area contributed by atoms with E-state index in [-0.39, 0.29) is 4.90 Å². The van der Waals surface area contributed by atoms with Crippen molar-refractivity contribution in [1.29, 1.82) is 0 Å². The third-order valence-electron chi connectivity index (χ3n) is 5.31. The number of sulfone groups is 1. The Hall–Kier alpha value is -2.31. The van der Waals surface area contributed by atoms with Gasteiger partial charge in [0.1, 0.15) is 0 Å². The molecule has 1 heterocycles. The highest BCUT2D eigenvalue weighted by molar-refractivity contribution is 7.93. The first-order valence-electron chi connectivity index (χ1n) is 8.82. The smallest absolute Gasteiger partial charge is 0.246 e. The van der Waals surface area contributed by atoms with Gasteiger partial charge in [0.15, 0.2) is 14.6 Å². The number of carbonyl (C=O) groups excluding carboxylic acids is 1. The summed E-state index contributed by atoms with van der Waals surface area (Å²) in [5.41, 5.74) is 1.49. The van der Waals surface area contributed by atoms with Crippen LogP contribution in [0.5, 0.6) is 0 Å². The minimum atomic E-state index is -3.85. The highest BCUT2D eigenvalue weighted by Gasteiger charge is 2.53. The van der Waals surface area contributed by atoms with Crippen LogP contribution in [0, 0.1) is 0 Å². The molecule has 2 aromatic carbocycles. The van der Waals surface area contributed by atoms with Gasteiger partial charge in [-0.05, 0) is 55.3 Å². The van der Waals surface area contributed by atoms with Gasteiger partial charge in [0.25, 0.3) is 0 Å². The normalized spacial score (nSPS) is 16.5. The van der Waals surface area contributed by atoms with E-state index < -0.39 is 20.5 Å². The molecule has 1 fully saturated rings. The number of hydrogen-bond acceptors (Lipinski definition) is 3. The molecule has 7 heteroatoms. The average molecular weight is 403 g/mol. The first kappa shape index (κ1) is 18.1. The predicted molar refractivity (Wildman–Crippen MR) is 107 cm³/mol. The predicted octanol–water partition coefficient (Wildman–Crippen LogP) is 4.55. The van der Waals surface area contributed by atoms with Crippen LogP contribution < -0.4 is 5.32 Å². The average Bonchev–Trinajstić information content (AvgIpc) is 3.33. The second-order valence-electron chi connectivity index (χ2n) is 6.86. The van der Waals surface area contributed by atoms with Crippen molar-refractivity contribution in [3.05, 3.63) is 59.8 Å². The lowest BCUT2D eigenvalue weighted by Crippen LogP contribution is -2.47. The highest BCUT2D eigenvalue weighted by atomic mass is 35.5. The number of aromatic nitrogens is 1. The number of fused-ring (bicyclic) bond motifs is 1. The van der Waals surface area contributed by atoms with E-state index in [4.69, 9.17) is 11.6 Å². The van der Waals surface area contributed by atoms with Gasteiger partial charge >= 0.3 is 0 Å². The number of carbonyl (C=O) groups is 1. The molecule has 1 saturated carbocycles. The van der Waals surface area contributed by atoms with E-state index in [1.54, 1.807) is 12.3 Å². The summed E-state index contributed by atoms with van der Waals surface area (Å²) in [6.45, 7) is 0. The second-order valence-corrected chi connectivity index (χ2v) is 9.55. The summed E-state index contributed by atoms with van der Waals surface area (Å²) >= 11 is 5.89. The number of aromatic amines is 1. The fourth-order valence-electron chi connectivity index (χ4n) is 3.83. The van der Waals surface area contributed by atoms with Crippen LogP contribution in [0.4, 0.5) is 5.69 Å². The van der Waals surface area contributed by atoms with Gasteiger partial charge in [-0.1, -0.05) is 30.5 Å². The Bertz CT molecular complexity index is 1100. The van der Waals surface area contributed by atoms with Crippen molar-refractivity contribution in [3.63, 3.8) is 0 Å². The Morgan fingerprint density at radius 3 is 2.44 bits per heavy atom. The van der Waals surface area contributed by atoms with Gasteiger partial charge in [0.05, 0.1) is 10.6 Å². The van der Waals surface area contributed by atoms with Crippen molar-refractivity contribution >= 4 is 43.9 Å². The number of benzene rings is 2. The summed E-state index contributed by atoms with van der Waals surface area (Å²) in [5.74, 6) is -0.469. The molecule has 0 unspecified atom stereocenters. The SMILES string of the molecule is O=C(Nc1cccc2[nH]ccc12)C1(S(=O)(=O)c2ccc(Cl)cc2)CCCC1. The highest BCUT2D eigenvalue weighted by Crippen LogP contribution is 2.42. The zero-order chi connectivity index (χ0) is 19.1. The van der Waals surface area contributed by atoms with Crippen molar-refractivity contribution in [2.75, 3.05) is 5.32 Å². The molecular weight excluding hydrogens is 384 g/mol. The molecule has 1 aliphatic rings. The molecule has 1 amide bonds. The quantitative estimate of drug-likeness (QED) is 0.672. The van der Waals surface area contributed by atoms with Crippen LogP contribution in [0.25, 0.3) is 10.9 Å². The standard InChI is InChI=1S/C20H19ClN2O3S/c21-14-6-8-15(9-7-14)27(25,26)20(11-1-2-12-20)19(24)23-18-5-3-4-17-16(18)10-13-22-17/h3-10,13,22H,1-2,11-12H2,(H,23,24). The van der Waals surface area contributed by atoms with Crippen LogP contribution >= 0.6 is 11.6 Å². The van der Waals surface area contributed by atoms with E-state index in [2.05, 4.69) is 10.3 Å². The van der Waals surface area contributed by atoms with Gasteiger partial charge in [-0.3, -0.25) is 4.79 Å². The number of hydrogen-bond donors (Lipinski definition) is 2. The Morgan fingerprint density at radius 2 is 1.74 bits per heavy atom. The summed E-state index contributed by atoms with van der Waals surface area (Å²) in [6.07, 6.45) is 3.82. The fourth-order valence-corrected chi connectivity index (χ4v) is 6.03. The molecule has 3 aromatic rings. The van der Waals surface area contributed by atoms with Gasteiger partial charge < -0.3 is 10.3 Å². The lowest BCUT2D eigenvalue weighted by atomic mass is 10.1. The number of nitrogens with one attached hydrogen (secondary N) is 2. The molecular formula is C20H19ClN2O3S. The monoisotopic (exact) mass is 402 g/mol. The number of anilines is 1. The van der Waals surface area contributed by atoms with Crippen LogP contribution in [-0.4, -0.2) is 24.1 Å². The second kappa shape index (κ2) is 6.69. The first-order valence-corrected chi connectivity index (χ1v) is 10.7. The van der Waals surface area contributed by atoms with Crippen molar-refractivity contribution in [3.8, 4) is 0 Å². The van der Waals surface area contributed by atoms with Crippen molar-refractivity contribution in [2.45, 2.75) is 35.3 Å². The molecule has 27 heavy (non-hydrogen) atoms. The maximum Gasteiger partial charge on any atom is 0.246 e. The molecule has 4 rings (SSSR count). The molecule has 0 bridgehead atoms. The Labute approximate surface area is 162 Å². The maximum atomic E-state index is 13.4. The molecule has 1 aliphatic carbocycles. The van der Waals surface area contributed by atoms with E-state index >= 15 is 0 Å². The van der Waals surface area contributed by atoms with E-state index in [1.807, 2.05) is 18.2 Å². The molecule has 5 nitrogen and oxygen atoms in total. The largest absolute Gasteiger partial charge is 0.361 e. The maximum absolute atomic E-state index is 13.4. The minimum absolute atomic E-state index is 0.129. The van der Waals surface area contributed by atoms with Gasteiger partial charge in [-0.2, -0.15) is 0 Å². The van der Waals surface area contributed by atoms with Crippen LogP contribution in [0.15, 0.2) is 59.6 Å². The van der Waals surface area contributed by atoms with E-state index in [0.717, 1.165) is 10.9 Å². The number of rotatable bonds is 4. The van der Waals surface area contributed by atoms with Crippen molar-refractivity contribution in [1.82, 2.24) is 4.98 Å². The zero-order valence-corrected chi connectivity index (χ0v) is 16.1. The molecule has 140 valence electrons. The van der Waals surface area contributed by atoms with E-state index in [1.165, 1.54) is 24.3 Å². The molecule has 2 N–H and O–H groups in total. The van der Waals surface area contributed by atoms with Crippen molar-refractivity contribution < 1.29 is 13.2 Å². The van der Waals surface area contributed by atoms with Gasteiger partial charge in [0, 0.05) is 22.1 Å². The summed E-state index contributed by atoms with van der Waals surface area (Å²) in [5, 5.41) is 4.18. The topological polar surface area (TPSA) is 79.0 Å².